The van der Waals surface area contributed by atoms with Crippen LogP contribution in [0.4, 0.5) is 0 Å². The number of hydrogen-bond donors (Lipinski definition) is 0. The molecule has 0 aromatic carbocycles. The minimum absolute atomic E-state index is 0.253. The number of piperidine rings is 1. The average Bonchev–Trinajstić information content (AvgIpc) is 3.17. The summed E-state index contributed by atoms with van der Waals surface area (Å²) in [5.74, 6) is 0.253. The second-order valence-electron chi connectivity index (χ2n) is 5.90. The molecule has 1 fully saturated rings. The highest BCUT2D eigenvalue weighted by molar-refractivity contribution is 7.09. The molecule has 22 heavy (non-hydrogen) atoms. The van der Waals surface area contributed by atoms with Crippen LogP contribution in [0.25, 0.3) is 0 Å². The van der Waals surface area contributed by atoms with E-state index in [1.807, 2.05) is 29.4 Å². The predicted molar refractivity (Wildman–Crippen MR) is 86.8 cm³/mol. The highest BCUT2D eigenvalue weighted by atomic mass is 32.1. The molecule has 118 valence electrons. The van der Waals surface area contributed by atoms with E-state index in [1.54, 1.807) is 17.5 Å². The average molecular weight is 318 g/mol. The molecule has 3 heterocycles. The number of thiazole rings is 1. The van der Waals surface area contributed by atoms with Gasteiger partial charge in [0.1, 0.15) is 0 Å². The van der Waals surface area contributed by atoms with E-state index in [0.717, 1.165) is 42.9 Å². The quantitative estimate of drug-likeness (QED) is 0.851. The summed E-state index contributed by atoms with van der Waals surface area (Å²) in [5, 5.41) is 7.37. The lowest BCUT2D eigenvalue weighted by Gasteiger charge is -2.35. The molecule has 0 bridgehead atoms. The summed E-state index contributed by atoms with van der Waals surface area (Å²) in [6, 6.07) is 0.275. The molecule has 0 aliphatic carbocycles. The van der Waals surface area contributed by atoms with Gasteiger partial charge in [-0.2, -0.15) is 5.10 Å². The van der Waals surface area contributed by atoms with Crippen molar-refractivity contribution in [3.8, 4) is 0 Å². The van der Waals surface area contributed by atoms with Crippen LogP contribution in [0, 0.1) is 6.92 Å². The molecule has 5 nitrogen and oxygen atoms in total. The second-order valence-corrected chi connectivity index (χ2v) is 6.88. The summed E-state index contributed by atoms with van der Waals surface area (Å²) in [7, 11) is 0. The van der Waals surface area contributed by atoms with Crippen LogP contribution < -0.4 is 0 Å². The van der Waals surface area contributed by atoms with Gasteiger partial charge in [-0.3, -0.25) is 9.48 Å². The summed E-state index contributed by atoms with van der Waals surface area (Å²) in [5.41, 5.74) is 1.16. The van der Waals surface area contributed by atoms with Crippen LogP contribution in [0.1, 0.15) is 36.3 Å². The molecule has 0 radical (unpaired) electrons. The van der Waals surface area contributed by atoms with Gasteiger partial charge in [0.15, 0.2) is 0 Å². The zero-order valence-electron chi connectivity index (χ0n) is 12.9. The highest BCUT2D eigenvalue weighted by Gasteiger charge is 2.26. The smallest absolute Gasteiger partial charge is 0.223 e. The molecule has 3 rings (SSSR count). The second kappa shape index (κ2) is 7.05. The maximum atomic E-state index is 12.6. The van der Waals surface area contributed by atoms with Crippen molar-refractivity contribution in [1.82, 2.24) is 19.7 Å². The van der Waals surface area contributed by atoms with Crippen LogP contribution in [-0.2, 0) is 17.8 Å². The van der Waals surface area contributed by atoms with Gasteiger partial charge < -0.3 is 4.90 Å². The van der Waals surface area contributed by atoms with Crippen LogP contribution in [0.3, 0.4) is 0 Å². The Balaban J connectivity index is 1.60. The lowest BCUT2D eigenvalue weighted by molar-refractivity contribution is -0.135. The van der Waals surface area contributed by atoms with Crippen LogP contribution in [0.5, 0.6) is 0 Å². The first-order chi connectivity index (χ1) is 10.7. The van der Waals surface area contributed by atoms with E-state index < -0.39 is 0 Å². The Morgan fingerprint density at radius 1 is 1.45 bits per heavy atom. The van der Waals surface area contributed by atoms with Crippen molar-refractivity contribution in [3.63, 3.8) is 0 Å². The monoisotopic (exact) mass is 318 g/mol. The SMILES string of the molecule is Cc1cnn(C[C@@H]2CCCCN2C(=O)CCc2nccs2)c1. The number of aromatic nitrogens is 3. The van der Waals surface area contributed by atoms with E-state index >= 15 is 0 Å². The molecule has 2 aromatic heterocycles. The lowest BCUT2D eigenvalue weighted by Crippen LogP contribution is -2.46. The number of amides is 1. The van der Waals surface area contributed by atoms with E-state index in [4.69, 9.17) is 0 Å². The number of rotatable bonds is 5. The Morgan fingerprint density at radius 2 is 2.36 bits per heavy atom. The third kappa shape index (κ3) is 3.74. The van der Waals surface area contributed by atoms with Gasteiger partial charge in [0.2, 0.25) is 5.91 Å². The van der Waals surface area contributed by atoms with Crippen LogP contribution >= 0.6 is 11.3 Å². The van der Waals surface area contributed by atoms with Crippen molar-refractivity contribution < 1.29 is 4.79 Å². The predicted octanol–water partition coefficient (Wildman–Crippen LogP) is 2.66. The number of carbonyl (C=O) groups is 1. The zero-order chi connectivity index (χ0) is 15.4. The van der Waals surface area contributed by atoms with Crippen molar-refractivity contribution in [2.45, 2.75) is 51.6 Å². The van der Waals surface area contributed by atoms with E-state index in [1.165, 1.54) is 6.42 Å². The molecule has 0 unspecified atom stereocenters. The fourth-order valence-electron chi connectivity index (χ4n) is 3.04. The third-order valence-corrected chi connectivity index (χ3v) is 4.98. The molecular weight excluding hydrogens is 296 g/mol. The molecule has 1 saturated heterocycles. The van der Waals surface area contributed by atoms with Crippen molar-refractivity contribution in [2.24, 2.45) is 0 Å². The van der Waals surface area contributed by atoms with Crippen LogP contribution in [-0.4, -0.2) is 38.2 Å². The Bertz CT molecular complexity index is 607. The van der Waals surface area contributed by atoms with Crippen LogP contribution in [0.15, 0.2) is 24.0 Å². The van der Waals surface area contributed by atoms with Gasteiger partial charge in [0.25, 0.3) is 0 Å². The van der Waals surface area contributed by atoms with Crippen molar-refractivity contribution in [3.05, 3.63) is 34.5 Å². The van der Waals surface area contributed by atoms with Gasteiger partial charge in [-0.25, -0.2) is 4.98 Å². The van der Waals surface area contributed by atoms with Gasteiger partial charge in [-0.1, -0.05) is 0 Å². The van der Waals surface area contributed by atoms with Gasteiger partial charge in [-0.05, 0) is 31.7 Å². The number of likely N-dealkylation sites (tertiary alicyclic amines) is 1. The minimum atomic E-state index is 0.253. The molecule has 2 aromatic rings. The highest BCUT2D eigenvalue weighted by Crippen LogP contribution is 2.20. The Hall–Kier alpha value is -1.69. The number of hydrogen-bond acceptors (Lipinski definition) is 4. The van der Waals surface area contributed by atoms with Gasteiger partial charge >= 0.3 is 0 Å². The fourth-order valence-corrected chi connectivity index (χ4v) is 3.66. The lowest BCUT2D eigenvalue weighted by atomic mass is 10.0. The first kappa shape index (κ1) is 15.2. The number of carbonyl (C=O) groups excluding carboxylic acids is 1. The maximum Gasteiger partial charge on any atom is 0.223 e. The molecule has 1 aliphatic heterocycles. The Kier molecular flexibility index (Phi) is 4.87. The fraction of sp³-hybridized carbons (Fsp3) is 0.562. The summed E-state index contributed by atoms with van der Waals surface area (Å²) in [6.45, 7) is 3.72. The van der Waals surface area contributed by atoms with Crippen molar-refractivity contribution in [1.29, 1.82) is 0 Å². The molecule has 0 saturated carbocycles. The molecule has 1 aliphatic rings. The first-order valence-electron chi connectivity index (χ1n) is 7.89. The molecule has 6 heteroatoms. The minimum Gasteiger partial charge on any atom is -0.338 e. The van der Waals surface area contributed by atoms with E-state index in [0.29, 0.717) is 6.42 Å². The molecular formula is C16H22N4OS. The molecule has 1 amide bonds. The topological polar surface area (TPSA) is 51.0 Å². The maximum absolute atomic E-state index is 12.6. The normalized spacial score (nSPS) is 18.6. The molecule has 1 atom stereocenters. The van der Waals surface area contributed by atoms with E-state index in [2.05, 4.69) is 15.0 Å². The van der Waals surface area contributed by atoms with Crippen molar-refractivity contribution >= 4 is 17.2 Å². The van der Waals surface area contributed by atoms with Gasteiger partial charge in [0, 0.05) is 37.2 Å². The Morgan fingerprint density at radius 3 is 3.09 bits per heavy atom. The number of aryl methyl sites for hydroxylation is 2. The van der Waals surface area contributed by atoms with Crippen LogP contribution in [0.2, 0.25) is 0 Å². The summed E-state index contributed by atoms with van der Waals surface area (Å²) >= 11 is 1.62. The zero-order valence-corrected chi connectivity index (χ0v) is 13.8. The summed E-state index contributed by atoms with van der Waals surface area (Å²) in [4.78, 5) is 18.9. The largest absolute Gasteiger partial charge is 0.338 e. The van der Waals surface area contributed by atoms with E-state index in [9.17, 15) is 4.79 Å². The molecule has 0 N–H and O–H groups in total. The van der Waals surface area contributed by atoms with Gasteiger partial charge in [-0.15, -0.1) is 11.3 Å². The standard InChI is InChI=1S/C16H22N4OS/c1-13-10-18-19(11-13)12-14-4-2-3-8-20(14)16(21)6-5-15-17-7-9-22-15/h7,9-11,14H,2-6,8,12H2,1H3/t14-/m0/s1. The number of nitrogens with zero attached hydrogens (tertiary/aromatic N) is 4. The Labute approximate surface area is 135 Å². The third-order valence-electron chi connectivity index (χ3n) is 4.14. The summed E-state index contributed by atoms with van der Waals surface area (Å²) < 4.78 is 1.96. The molecule has 0 spiro atoms. The van der Waals surface area contributed by atoms with Gasteiger partial charge in [0.05, 0.1) is 23.8 Å². The van der Waals surface area contributed by atoms with Crippen molar-refractivity contribution in [2.75, 3.05) is 6.54 Å². The van der Waals surface area contributed by atoms with E-state index in [-0.39, 0.29) is 11.9 Å². The first-order valence-corrected chi connectivity index (χ1v) is 8.77. The summed E-state index contributed by atoms with van der Waals surface area (Å²) in [6.07, 6.45) is 10.4.